The molecular formula is C32H25N5O9S3. The van der Waals surface area contributed by atoms with Crippen molar-refractivity contribution in [3.05, 3.63) is 115 Å². The quantitative estimate of drug-likeness (QED) is 0.0465. The number of hydrazine groups is 1. The van der Waals surface area contributed by atoms with Gasteiger partial charge in [0.15, 0.2) is 0 Å². The van der Waals surface area contributed by atoms with Gasteiger partial charge in [-0.1, -0.05) is 36.4 Å². The highest BCUT2D eigenvalue weighted by atomic mass is 32.2. The monoisotopic (exact) mass is 719 g/mol. The van der Waals surface area contributed by atoms with Crippen LogP contribution < -0.4 is 16.2 Å². The van der Waals surface area contributed by atoms with Crippen molar-refractivity contribution in [2.75, 3.05) is 16.2 Å². The molecule has 6 aromatic carbocycles. The van der Waals surface area contributed by atoms with Gasteiger partial charge in [0.2, 0.25) is 0 Å². The molecule has 0 saturated heterocycles. The van der Waals surface area contributed by atoms with Gasteiger partial charge in [0, 0.05) is 32.9 Å². The Bertz CT molecular complexity index is 2600. The van der Waals surface area contributed by atoms with Gasteiger partial charge in [0.1, 0.15) is 4.90 Å². The Morgan fingerprint density at radius 2 is 1.08 bits per heavy atom. The molecule has 0 unspecified atom stereocenters. The summed E-state index contributed by atoms with van der Waals surface area (Å²) >= 11 is 0. The fourth-order valence-electron chi connectivity index (χ4n) is 5.07. The summed E-state index contributed by atoms with van der Waals surface area (Å²) in [5.41, 5.74) is 8.19. The van der Waals surface area contributed by atoms with Crippen LogP contribution in [-0.4, -0.2) is 38.9 Å². The SMILES string of the molecule is O=S(=O)(O)c1ccc(NNc2ccc(N=Nc3ccc(Nc4ccccc4)c4c(S(=O)(=O)O)cccc34)c3cc(S(=O)(=O)O)ccc23)cc1. The summed E-state index contributed by atoms with van der Waals surface area (Å²) in [5.74, 6) is 0. The lowest BCUT2D eigenvalue weighted by atomic mass is 10.1. The topological polar surface area (TPSA) is 224 Å². The number of azo groups is 1. The van der Waals surface area contributed by atoms with Gasteiger partial charge in [-0.3, -0.25) is 13.7 Å². The Balaban J connectivity index is 1.42. The van der Waals surface area contributed by atoms with Crippen LogP contribution in [0.3, 0.4) is 0 Å². The van der Waals surface area contributed by atoms with Crippen LogP contribution in [0.1, 0.15) is 0 Å². The molecule has 0 atom stereocenters. The van der Waals surface area contributed by atoms with E-state index in [0.29, 0.717) is 33.5 Å². The molecular weight excluding hydrogens is 695 g/mol. The minimum Gasteiger partial charge on any atom is -0.355 e. The third kappa shape index (κ3) is 7.36. The fraction of sp³-hybridized carbons (Fsp3) is 0. The Morgan fingerprint density at radius 3 is 1.71 bits per heavy atom. The van der Waals surface area contributed by atoms with E-state index in [1.807, 2.05) is 6.07 Å². The lowest BCUT2D eigenvalue weighted by molar-refractivity contribution is 0.481. The molecule has 6 aromatic rings. The number of hydrogen-bond donors (Lipinski definition) is 6. The molecule has 250 valence electrons. The molecule has 0 fully saturated rings. The first-order chi connectivity index (χ1) is 23.2. The molecule has 0 spiro atoms. The van der Waals surface area contributed by atoms with Crippen molar-refractivity contribution in [2.45, 2.75) is 14.7 Å². The Hall–Kier alpha value is -5.43. The Morgan fingerprint density at radius 1 is 0.469 bits per heavy atom. The van der Waals surface area contributed by atoms with Gasteiger partial charge >= 0.3 is 0 Å². The zero-order chi connectivity index (χ0) is 35.0. The van der Waals surface area contributed by atoms with Crippen LogP contribution >= 0.6 is 0 Å². The number of rotatable bonds is 10. The second-order valence-electron chi connectivity index (χ2n) is 10.5. The number of nitrogens with zero attached hydrogens (tertiary/aromatic N) is 2. The molecule has 0 heterocycles. The number of para-hydroxylation sites is 1. The van der Waals surface area contributed by atoms with Crippen LogP contribution in [0.25, 0.3) is 21.5 Å². The predicted molar refractivity (Wildman–Crippen MR) is 185 cm³/mol. The molecule has 0 bridgehead atoms. The highest BCUT2D eigenvalue weighted by Gasteiger charge is 2.19. The number of benzene rings is 6. The summed E-state index contributed by atoms with van der Waals surface area (Å²) < 4.78 is 101. The van der Waals surface area contributed by atoms with E-state index in [0.717, 1.165) is 0 Å². The predicted octanol–water partition coefficient (Wildman–Crippen LogP) is 7.33. The van der Waals surface area contributed by atoms with Crippen LogP contribution in [0.5, 0.6) is 0 Å². The molecule has 6 rings (SSSR count). The molecule has 6 N–H and O–H groups in total. The van der Waals surface area contributed by atoms with E-state index >= 15 is 0 Å². The van der Waals surface area contributed by atoms with E-state index in [9.17, 15) is 38.9 Å². The van der Waals surface area contributed by atoms with Gasteiger partial charge in [-0.05, 0) is 78.9 Å². The summed E-state index contributed by atoms with van der Waals surface area (Å²) in [5, 5.41) is 13.1. The normalized spacial score (nSPS) is 12.4. The van der Waals surface area contributed by atoms with Crippen LogP contribution in [0, 0.1) is 0 Å². The van der Waals surface area contributed by atoms with E-state index in [1.165, 1.54) is 60.7 Å². The van der Waals surface area contributed by atoms with Crippen molar-refractivity contribution in [3.63, 3.8) is 0 Å². The van der Waals surface area contributed by atoms with E-state index in [-0.39, 0.29) is 31.9 Å². The van der Waals surface area contributed by atoms with Crippen molar-refractivity contribution in [1.29, 1.82) is 0 Å². The van der Waals surface area contributed by atoms with Crippen molar-refractivity contribution >= 4 is 86.0 Å². The number of nitrogens with one attached hydrogen (secondary N) is 3. The van der Waals surface area contributed by atoms with Crippen LogP contribution in [0.4, 0.5) is 34.1 Å². The Kier molecular flexibility index (Phi) is 8.80. The van der Waals surface area contributed by atoms with E-state index in [2.05, 4.69) is 26.4 Å². The number of fused-ring (bicyclic) bond motifs is 2. The lowest BCUT2D eigenvalue weighted by Crippen LogP contribution is -2.09. The number of hydrogen-bond acceptors (Lipinski definition) is 11. The van der Waals surface area contributed by atoms with Gasteiger partial charge in [-0.2, -0.15) is 25.3 Å². The average molecular weight is 720 g/mol. The molecule has 0 radical (unpaired) electrons. The summed E-state index contributed by atoms with van der Waals surface area (Å²) in [4.78, 5) is -1.04. The first kappa shape index (κ1) is 33.5. The standard InChI is InChI=1S/C32H25N5O9S3/c38-47(39,40)22-11-9-21(10-12-22)34-35-27-15-16-29(26-19-23(48(41,42)43)13-14-24(26)27)37-36-28-17-18-30(33-20-5-2-1-3-6-20)32-25(28)7-4-8-31(32)49(44,45)46/h1-19,33-35H,(H,38,39,40)(H,41,42,43)(H,44,45,46). The molecule has 0 aromatic heterocycles. The van der Waals surface area contributed by atoms with Crippen molar-refractivity contribution in [1.82, 2.24) is 0 Å². The van der Waals surface area contributed by atoms with E-state index in [1.54, 1.807) is 48.5 Å². The van der Waals surface area contributed by atoms with Crippen molar-refractivity contribution in [2.24, 2.45) is 10.2 Å². The minimum atomic E-state index is -4.66. The number of anilines is 4. The Labute approximate surface area is 280 Å². The van der Waals surface area contributed by atoms with Crippen molar-refractivity contribution < 1.29 is 38.9 Å². The highest BCUT2D eigenvalue weighted by molar-refractivity contribution is 7.86. The summed E-state index contributed by atoms with van der Waals surface area (Å²) in [7, 11) is -13.6. The van der Waals surface area contributed by atoms with Gasteiger partial charge in [0.25, 0.3) is 30.4 Å². The first-order valence-electron chi connectivity index (χ1n) is 14.1. The molecule has 0 aliphatic rings. The van der Waals surface area contributed by atoms with Gasteiger partial charge < -0.3 is 16.2 Å². The van der Waals surface area contributed by atoms with Gasteiger partial charge in [-0.15, -0.1) is 10.2 Å². The summed E-state index contributed by atoms with van der Waals surface area (Å²) in [6.07, 6.45) is 0. The van der Waals surface area contributed by atoms with Gasteiger partial charge in [-0.25, -0.2) is 0 Å². The zero-order valence-electron chi connectivity index (χ0n) is 24.9. The maximum Gasteiger partial charge on any atom is 0.295 e. The van der Waals surface area contributed by atoms with Crippen LogP contribution in [0.2, 0.25) is 0 Å². The molecule has 0 saturated carbocycles. The maximum atomic E-state index is 12.4. The zero-order valence-corrected chi connectivity index (χ0v) is 27.3. The second-order valence-corrected chi connectivity index (χ2v) is 14.8. The lowest BCUT2D eigenvalue weighted by Gasteiger charge is -2.15. The summed E-state index contributed by atoms with van der Waals surface area (Å²) in [6.45, 7) is 0. The smallest absolute Gasteiger partial charge is 0.295 e. The van der Waals surface area contributed by atoms with E-state index in [4.69, 9.17) is 0 Å². The first-order valence-corrected chi connectivity index (χ1v) is 18.4. The molecule has 49 heavy (non-hydrogen) atoms. The third-order valence-electron chi connectivity index (χ3n) is 7.33. The molecule has 0 aliphatic heterocycles. The highest BCUT2D eigenvalue weighted by Crippen LogP contribution is 2.40. The van der Waals surface area contributed by atoms with Crippen LogP contribution in [0.15, 0.2) is 140 Å². The van der Waals surface area contributed by atoms with E-state index < -0.39 is 35.2 Å². The molecule has 14 nitrogen and oxygen atoms in total. The molecule has 17 heteroatoms. The average Bonchev–Trinajstić information content (AvgIpc) is 3.06. The van der Waals surface area contributed by atoms with Crippen LogP contribution in [-0.2, 0) is 30.4 Å². The minimum absolute atomic E-state index is 0.166. The third-order valence-corrected chi connectivity index (χ3v) is 9.95. The maximum absolute atomic E-state index is 12.4. The molecule has 0 aliphatic carbocycles. The molecule has 0 amide bonds. The summed E-state index contributed by atoms with van der Waals surface area (Å²) in [6, 6.07) is 28.8. The van der Waals surface area contributed by atoms with Gasteiger partial charge in [0.05, 0.1) is 32.5 Å². The largest absolute Gasteiger partial charge is 0.355 e. The van der Waals surface area contributed by atoms with Crippen molar-refractivity contribution in [3.8, 4) is 0 Å². The fourth-order valence-corrected chi connectivity index (χ4v) is 6.78. The second kappa shape index (κ2) is 12.9.